The van der Waals surface area contributed by atoms with Gasteiger partial charge in [-0.25, -0.2) is 0 Å². The minimum absolute atomic E-state index is 0.198. The molecule has 33 heavy (non-hydrogen) atoms. The molecule has 1 saturated heterocycles. The summed E-state index contributed by atoms with van der Waals surface area (Å²) in [5.41, 5.74) is 1.14. The summed E-state index contributed by atoms with van der Waals surface area (Å²) in [5.74, 6) is -0.0747. The second-order valence-electron chi connectivity index (χ2n) is 6.84. The highest BCUT2D eigenvalue weighted by Crippen LogP contribution is 2.34. The monoisotopic (exact) mass is 485 g/mol. The van der Waals surface area contributed by atoms with E-state index in [-0.39, 0.29) is 4.91 Å². The fourth-order valence-electron chi connectivity index (χ4n) is 2.89. The zero-order valence-corrected chi connectivity index (χ0v) is 19.2. The molecule has 1 aliphatic rings. The Morgan fingerprint density at radius 3 is 2.67 bits per heavy atom. The van der Waals surface area contributed by atoms with Crippen molar-refractivity contribution >= 4 is 52.2 Å². The van der Waals surface area contributed by atoms with Crippen molar-refractivity contribution in [3.8, 4) is 17.6 Å². The third-order valence-electron chi connectivity index (χ3n) is 4.48. The third kappa shape index (κ3) is 6.51. The maximum absolute atomic E-state index is 12.7. The number of hydrogen-bond acceptors (Lipinski definition) is 7. The van der Waals surface area contributed by atoms with Crippen LogP contribution in [0, 0.1) is 11.3 Å². The predicted octanol–water partition coefficient (Wildman–Crippen LogP) is 4.71. The Hall–Kier alpha value is -3.48. The third-order valence-corrected chi connectivity index (χ3v) is 5.64. The number of carbonyl (C=O) groups excluding carboxylic acids is 3. The highest BCUT2D eigenvalue weighted by Gasteiger charge is 2.36. The molecular weight excluding hydrogens is 466 g/mol. The molecule has 0 saturated carbocycles. The van der Waals surface area contributed by atoms with Gasteiger partial charge in [-0.05, 0) is 66.2 Å². The summed E-state index contributed by atoms with van der Waals surface area (Å²) in [4.78, 5) is 38.4. The van der Waals surface area contributed by atoms with Gasteiger partial charge in [0.05, 0.1) is 24.7 Å². The number of anilines is 1. The number of nitrogens with one attached hydrogen (secondary N) is 1. The Kier molecular flexibility index (Phi) is 8.35. The first-order valence-electron chi connectivity index (χ1n) is 9.90. The number of methoxy groups -OCH3 is 1. The zero-order valence-electron chi connectivity index (χ0n) is 17.7. The Bertz CT molecular complexity index is 1130. The van der Waals surface area contributed by atoms with Gasteiger partial charge < -0.3 is 14.8 Å². The van der Waals surface area contributed by atoms with Crippen molar-refractivity contribution in [2.45, 2.75) is 12.8 Å². The Morgan fingerprint density at radius 1 is 1.21 bits per heavy atom. The molecular formula is C23H20ClN3O5S. The normalized spacial score (nSPS) is 14.3. The summed E-state index contributed by atoms with van der Waals surface area (Å²) < 4.78 is 11.0. The minimum atomic E-state index is -0.549. The number of nitriles is 1. The first-order valence-corrected chi connectivity index (χ1v) is 11.1. The maximum atomic E-state index is 12.7. The molecule has 1 heterocycles. The molecule has 0 spiro atoms. The van der Waals surface area contributed by atoms with Gasteiger partial charge in [0, 0.05) is 17.1 Å². The molecule has 0 aromatic heterocycles. The molecule has 0 bridgehead atoms. The summed E-state index contributed by atoms with van der Waals surface area (Å²) in [5, 5.41) is 11.2. The molecule has 1 aliphatic heterocycles. The first-order chi connectivity index (χ1) is 15.9. The molecule has 170 valence electrons. The molecule has 8 nitrogen and oxygen atoms in total. The van der Waals surface area contributed by atoms with Crippen LogP contribution in [0.2, 0.25) is 5.02 Å². The highest BCUT2D eigenvalue weighted by molar-refractivity contribution is 8.18. The number of unbranched alkanes of at least 4 members (excludes halogenated alkanes) is 1. The molecule has 1 fully saturated rings. The van der Waals surface area contributed by atoms with Crippen LogP contribution in [0.1, 0.15) is 18.4 Å². The summed E-state index contributed by atoms with van der Waals surface area (Å²) in [6.45, 7) is -0.0241. The van der Waals surface area contributed by atoms with Crippen LogP contribution in [0.4, 0.5) is 10.5 Å². The summed E-state index contributed by atoms with van der Waals surface area (Å²) in [6.07, 6.45) is 2.55. The summed E-state index contributed by atoms with van der Waals surface area (Å²) >= 11 is 6.59. The minimum Gasteiger partial charge on any atom is -0.493 e. The number of hydrogen-bond donors (Lipinski definition) is 1. The smallest absolute Gasteiger partial charge is 0.294 e. The number of halogens is 1. The Balaban J connectivity index is 1.66. The molecule has 1 N–H and O–H groups in total. The van der Waals surface area contributed by atoms with Crippen molar-refractivity contribution in [2.24, 2.45) is 0 Å². The molecule has 0 unspecified atom stereocenters. The van der Waals surface area contributed by atoms with Crippen LogP contribution in [0.3, 0.4) is 0 Å². The van der Waals surface area contributed by atoms with Crippen LogP contribution >= 0.6 is 23.4 Å². The average molecular weight is 486 g/mol. The van der Waals surface area contributed by atoms with Gasteiger partial charge in [-0.2, -0.15) is 5.26 Å². The van der Waals surface area contributed by atoms with Gasteiger partial charge in [0.25, 0.3) is 11.1 Å². The fraction of sp³-hybridized carbons (Fsp3) is 0.217. The van der Waals surface area contributed by atoms with Crippen molar-refractivity contribution in [3.05, 3.63) is 58.0 Å². The lowest BCUT2D eigenvalue weighted by Gasteiger charge is -2.12. The van der Waals surface area contributed by atoms with Crippen LogP contribution < -0.4 is 14.8 Å². The van der Waals surface area contributed by atoms with Crippen molar-refractivity contribution < 1.29 is 23.9 Å². The summed E-state index contributed by atoms with van der Waals surface area (Å²) in [6, 6.07) is 13.6. The number of amides is 3. The van der Waals surface area contributed by atoms with E-state index in [1.54, 1.807) is 48.5 Å². The number of imide groups is 1. The van der Waals surface area contributed by atoms with Gasteiger partial charge in [0.1, 0.15) is 6.54 Å². The Labute approximate surface area is 200 Å². The van der Waals surface area contributed by atoms with Gasteiger partial charge in [-0.15, -0.1) is 0 Å². The number of nitrogens with zero attached hydrogens (tertiary/aromatic N) is 2. The first kappa shape index (κ1) is 24.2. The van der Waals surface area contributed by atoms with E-state index in [1.165, 1.54) is 7.11 Å². The van der Waals surface area contributed by atoms with E-state index in [4.69, 9.17) is 26.3 Å². The van der Waals surface area contributed by atoms with E-state index in [1.807, 2.05) is 0 Å². The van der Waals surface area contributed by atoms with Crippen molar-refractivity contribution in [3.63, 3.8) is 0 Å². The molecule has 0 atom stereocenters. The lowest BCUT2D eigenvalue weighted by Crippen LogP contribution is -2.36. The maximum Gasteiger partial charge on any atom is 0.294 e. The molecule has 3 amide bonds. The number of ether oxygens (including phenoxy) is 2. The van der Waals surface area contributed by atoms with Crippen LogP contribution in [-0.2, 0) is 9.59 Å². The summed E-state index contributed by atoms with van der Waals surface area (Å²) in [7, 11) is 1.49. The molecule has 2 aromatic carbocycles. The lowest BCUT2D eigenvalue weighted by atomic mass is 10.2. The standard InChI is InChI=1S/C23H20ClN3O5S/c1-31-19-12-15(4-9-18(19)32-11-3-2-10-25)13-20-22(29)27(23(30)33-20)14-21(28)26-17-7-5-16(24)6-8-17/h4-9,12-13H,2-3,11,14H2,1H3,(H,26,28). The SMILES string of the molecule is COc1cc(C=C2SC(=O)N(CC(=O)Nc3ccc(Cl)cc3)C2=O)ccc1OCCCC#N. The van der Waals surface area contributed by atoms with Crippen molar-refractivity contribution in [1.29, 1.82) is 5.26 Å². The van der Waals surface area contributed by atoms with Gasteiger partial charge in [-0.3, -0.25) is 19.3 Å². The number of rotatable bonds is 9. The Morgan fingerprint density at radius 2 is 1.97 bits per heavy atom. The fourth-order valence-corrected chi connectivity index (χ4v) is 3.86. The predicted molar refractivity (Wildman–Crippen MR) is 126 cm³/mol. The van der Waals surface area contributed by atoms with Crippen LogP contribution in [0.25, 0.3) is 6.08 Å². The van der Waals surface area contributed by atoms with Gasteiger partial charge >= 0.3 is 0 Å². The average Bonchev–Trinajstić information content (AvgIpc) is 3.06. The van der Waals surface area contributed by atoms with E-state index in [0.717, 1.165) is 16.7 Å². The molecule has 0 radical (unpaired) electrons. The number of benzene rings is 2. The van der Waals surface area contributed by atoms with Crippen molar-refractivity contribution in [1.82, 2.24) is 4.90 Å². The zero-order chi connectivity index (χ0) is 23.8. The van der Waals surface area contributed by atoms with E-state index in [0.29, 0.717) is 47.2 Å². The molecule has 3 rings (SSSR count). The molecule has 0 aliphatic carbocycles. The van der Waals surface area contributed by atoms with Gasteiger partial charge in [0.15, 0.2) is 11.5 Å². The number of thioether (sulfide) groups is 1. The van der Waals surface area contributed by atoms with Gasteiger partial charge in [0.2, 0.25) is 5.91 Å². The van der Waals surface area contributed by atoms with E-state index in [9.17, 15) is 14.4 Å². The second-order valence-corrected chi connectivity index (χ2v) is 8.27. The lowest BCUT2D eigenvalue weighted by molar-refractivity contribution is -0.127. The van der Waals surface area contributed by atoms with Gasteiger partial charge in [-0.1, -0.05) is 17.7 Å². The van der Waals surface area contributed by atoms with Crippen molar-refractivity contribution in [2.75, 3.05) is 25.6 Å². The van der Waals surface area contributed by atoms with Crippen LogP contribution in [-0.4, -0.2) is 42.2 Å². The second kappa shape index (κ2) is 11.4. The topological polar surface area (TPSA) is 109 Å². The van der Waals surface area contributed by atoms with Crippen LogP contribution in [0.5, 0.6) is 11.5 Å². The van der Waals surface area contributed by atoms with Crippen LogP contribution in [0.15, 0.2) is 47.4 Å². The molecule has 10 heteroatoms. The molecule has 2 aromatic rings. The van der Waals surface area contributed by atoms with E-state index < -0.39 is 23.6 Å². The number of carbonyl (C=O) groups is 3. The van der Waals surface area contributed by atoms with E-state index in [2.05, 4.69) is 11.4 Å². The van der Waals surface area contributed by atoms with E-state index >= 15 is 0 Å². The largest absolute Gasteiger partial charge is 0.493 e. The quantitative estimate of drug-likeness (QED) is 0.404. The highest BCUT2D eigenvalue weighted by atomic mass is 35.5.